The van der Waals surface area contributed by atoms with E-state index in [9.17, 15) is 13.6 Å². The van der Waals surface area contributed by atoms with Crippen molar-refractivity contribution in [2.24, 2.45) is 11.7 Å². The molecule has 1 saturated heterocycles. The van der Waals surface area contributed by atoms with Crippen LogP contribution in [0.2, 0.25) is 0 Å². The van der Waals surface area contributed by atoms with Gasteiger partial charge in [0.05, 0.1) is 0 Å². The molecule has 1 amide bonds. The second-order valence-electron chi connectivity index (χ2n) is 4.65. The lowest BCUT2D eigenvalue weighted by molar-refractivity contribution is 0.0677. The van der Waals surface area contributed by atoms with Crippen LogP contribution in [0.25, 0.3) is 0 Å². The van der Waals surface area contributed by atoms with Crippen LogP contribution in [-0.4, -0.2) is 30.4 Å². The van der Waals surface area contributed by atoms with E-state index < -0.39 is 11.6 Å². The summed E-state index contributed by atoms with van der Waals surface area (Å²) in [6, 6.07) is 2.89. The van der Waals surface area contributed by atoms with E-state index in [1.165, 1.54) is 0 Å². The molecule has 1 heterocycles. The lowest BCUT2D eigenvalue weighted by Gasteiger charge is -2.32. The van der Waals surface area contributed by atoms with Gasteiger partial charge in [0, 0.05) is 24.7 Å². The molecule has 0 spiro atoms. The van der Waals surface area contributed by atoms with Crippen molar-refractivity contribution in [2.75, 3.05) is 19.6 Å². The van der Waals surface area contributed by atoms with Gasteiger partial charge in [0.1, 0.15) is 11.6 Å². The van der Waals surface area contributed by atoms with Gasteiger partial charge >= 0.3 is 0 Å². The van der Waals surface area contributed by atoms with Crippen LogP contribution in [-0.2, 0) is 0 Å². The Labute approximate surface area is 105 Å². The van der Waals surface area contributed by atoms with Crippen molar-refractivity contribution < 1.29 is 13.6 Å². The number of piperidine rings is 1. The molecule has 1 aliphatic heterocycles. The molecule has 18 heavy (non-hydrogen) atoms. The third-order valence-electron chi connectivity index (χ3n) is 3.25. The smallest absolute Gasteiger partial charge is 0.254 e. The third kappa shape index (κ3) is 2.85. The zero-order chi connectivity index (χ0) is 13.1. The highest BCUT2D eigenvalue weighted by Gasteiger charge is 2.24. The van der Waals surface area contributed by atoms with E-state index in [0.717, 1.165) is 31.0 Å². The highest BCUT2D eigenvalue weighted by molar-refractivity contribution is 5.94. The van der Waals surface area contributed by atoms with Crippen molar-refractivity contribution in [3.05, 3.63) is 35.4 Å². The Balaban J connectivity index is 2.15. The molecule has 2 rings (SSSR count). The summed E-state index contributed by atoms with van der Waals surface area (Å²) in [4.78, 5) is 13.7. The highest BCUT2D eigenvalue weighted by Crippen LogP contribution is 2.18. The van der Waals surface area contributed by atoms with Crippen molar-refractivity contribution >= 4 is 5.91 Å². The van der Waals surface area contributed by atoms with Crippen LogP contribution < -0.4 is 5.73 Å². The number of likely N-dealkylation sites (tertiary alicyclic amines) is 1. The number of halogens is 2. The Morgan fingerprint density at radius 1 is 1.33 bits per heavy atom. The Morgan fingerprint density at radius 3 is 2.61 bits per heavy atom. The molecule has 0 aromatic heterocycles. The molecule has 1 unspecified atom stereocenters. The Hall–Kier alpha value is -1.49. The molecule has 3 nitrogen and oxygen atoms in total. The number of hydrogen-bond donors (Lipinski definition) is 1. The number of benzene rings is 1. The highest BCUT2D eigenvalue weighted by atomic mass is 19.1. The Bertz CT molecular complexity index is 430. The summed E-state index contributed by atoms with van der Waals surface area (Å²) >= 11 is 0. The molecule has 1 aliphatic rings. The van der Waals surface area contributed by atoms with Crippen LogP contribution in [0.15, 0.2) is 18.2 Å². The van der Waals surface area contributed by atoms with E-state index in [4.69, 9.17) is 5.73 Å². The third-order valence-corrected chi connectivity index (χ3v) is 3.25. The lowest BCUT2D eigenvalue weighted by atomic mass is 9.97. The van der Waals surface area contributed by atoms with Crippen molar-refractivity contribution in [2.45, 2.75) is 12.8 Å². The fourth-order valence-electron chi connectivity index (χ4n) is 2.30. The van der Waals surface area contributed by atoms with E-state index >= 15 is 0 Å². The SMILES string of the molecule is NCC1CCCN(C(=O)c2cc(F)cc(F)c2)C1. The first-order valence-electron chi connectivity index (χ1n) is 6.05. The molecular formula is C13H16F2N2O. The topological polar surface area (TPSA) is 46.3 Å². The Morgan fingerprint density at radius 2 is 2.00 bits per heavy atom. The maximum Gasteiger partial charge on any atom is 0.254 e. The fourth-order valence-corrected chi connectivity index (χ4v) is 2.30. The van der Waals surface area contributed by atoms with Gasteiger partial charge in [-0.05, 0) is 37.4 Å². The largest absolute Gasteiger partial charge is 0.338 e. The van der Waals surface area contributed by atoms with Crippen molar-refractivity contribution in [3.63, 3.8) is 0 Å². The molecule has 5 heteroatoms. The average Bonchev–Trinajstić information content (AvgIpc) is 2.37. The molecule has 1 fully saturated rings. The van der Waals surface area contributed by atoms with Crippen LogP contribution in [0.4, 0.5) is 8.78 Å². The minimum atomic E-state index is -0.731. The second-order valence-corrected chi connectivity index (χ2v) is 4.65. The molecule has 2 N–H and O–H groups in total. The van der Waals surface area contributed by atoms with Crippen molar-refractivity contribution in [1.29, 1.82) is 0 Å². The van der Waals surface area contributed by atoms with Gasteiger partial charge in [-0.3, -0.25) is 4.79 Å². The second kappa shape index (κ2) is 5.44. The number of nitrogens with two attached hydrogens (primary N) is 1. The van der Waals surface area contributed by atoms with Crippen LogP contribution in [0.1, 0.15) is 23.2 Å². The lowest BCUT2D eigenvalue weighted by Crippen LogP contribution is -2.42. The minimum Gasteiger partial charge on any atom is -0.338 e. The first-order chi connectivity index (χ1) is 8.60. The first-order valence-corrected chi connectivity index (χ1v) is 6.05. The summed E-state index contributed by atoms with van der Waals surface area (Å²) in [6.07, 6.45) is 1.88. The fraction of sp³-hybridized carbons (Fsp3) is 0.462. The maximum absolute atomic E-state index is 13.1. The van der Waals surface area contributed by atoms with E-state index in [1.807, 2.05) is 0 Å². The monoisotopic (exact) mass is 254 g/mol. The number of nitrogens with zero attached hydrogens (tertiary/aromatic N) is 1. The quantitative estimate of drug-likeness (QED) is 0.874. The average molecular weight is 254 g/mol. The zero-order valence-corrected chi connectivity index (χ0v) is 10.0. The maximum atomic E-state index is 13.1. The molecule has 1 aromatic carbocycles. The van der Waals surface area contributed by atoms with E-state index in [2.05, 4.69) is 0 Å². The molecule has 0 aliphatic carbocycles. The number of carbonyl (C=O) groups is 1. The van der Waals surface area contributed by atoms with Crippen LogP contribution in [0.3, 0.4) is 0 Å². The normalized spacial score (nSPS) is 19.9. The van der Waals surface area contributed by atoms with Gasteiger partial charge in [-0.1, -0.05) is 0 Å². The van der Waals surface area contributed by atoms with Gasteiger partial charge in [-0.25, -0.2) is 8.78 Å². The first kappa shape index (κ1) is 13.0. The summed E-state index contributed by atoms with van der Waals surface area (Å²) in [5.74, 6) is -1.51. The van der Waals surface area contributed by atoms with Gasteiger partial charge < -0.3 is 10.6 Å². The van der Waals surface area contributed by atoms with E-state index in [1.54, 1.807) is 4.90 Å². The van der Waals surface area contributed by atoms with Crippen LogP contribution in [0.5, 0.6) is 0 Å². The number of rotatable bonds is 2. The van der Waals surface area contributed by atoms with Gasteiger partial charge in [-0.15, -0.1) is 0 Å². The molecule has 0 saturated carbocycles. The van der Waals surface area contributed by atoms with E-state index in [0.29, 0.717) is 19.6 Å². The van der Waals surface area contributed by atoms with Crippen LogP contribution in [0, 0.1) is 17.6 Å². The summed E-state index contributed by atoms with van der Waals surface area (Å²) in [5, 5.41) is 0. The number of amides is 1. The summed E-state index contributed by atoms with van der Waals surface area (Å²) in [5.41, 5.74) is 5.65. The summed E-state index contributed by atoms with van der Waals surface area (Å²) < 4.78 is 26.1. The summed E-state index contributed by atoms with van der Waals surface area (Å²) in [6.45, 7) is 1.71. The number of carbonyl (C=O) groups excluding carboxylic acids is 1. The van der Waals surface area contributed by atoms with Gasteiger partial charge in [0.2, 0.25) is 0 Å². The number of hydrogen-bond acceptors (Lipinski definition) is 2. The minimum absolute atomic E-state index is 0.0603. The molecular weight excluding hydrogens is 238 g/mol. The van der Waals surface area contributed by atoms with Gasteiger partial charge in [0.25, 0.3) is 5.91 Å². The van der Waals surface area contributed by atoms with Gasteiger partial charge in [-0.2, -0.15) is 0 Å². The van der Waals surface area contributed by atoms with Crippen LogP contribution >= 0.6 is 0 Å². The predicted octanol–water partition coefficient (Wildman–Crippen LogP) is 1.78. The molecule has 98 valence electrons. The van der Waals surface area contributed by atoms with E-state index in [-0.39, 0.29) is 17.4 Å². The zero-order valence-electron chi connectivity index (χ0n) is 10.0. The molecule has 1 aromatic rings. The molecule has 0 bridgehead atoms. The molecule has 0 radical (unpaired) electrons. The molecule has 1 atom stereocenters. The van der Waals surface area contributed by atoms with Gasteiger partial charge in [0.15, 0.2) is 0 Å². The Kier molecular flexibility index (Phi) is 3.91. The predicted molar refractivity (Wildman–Crippen MR) is 64.0 cm³/mol. The van der Waals surface area contributed by atoms with Crippen molar-refractivity contribution in [3.8, 4) is 0 Å². The van der Waals surface area contributed by atoms with Crippen molar-refractivity contribution in [1.82, 2.24) is 4.90 Å². The summed E-state index contributed by atoms with van der Waals surface area (Å²) in [7, 11) is 0. The standard InChI is InChI=1S/C13H16F2N2O/c14-11-4-10(5-12(15)6-11)13(18)17-3-1-2-9(7-16)8-17/h4-6,9H,1-3,7-8,16H2.